The summed E-state index contributed by atoms with van der Waals surface area (Å²) in [6.07, 6.45) is 0.683. The van der Waals surface area contributed by atoms with Crippen molar-refractivity contribution in [3.8, 4) is 0 Å². The molecule has 0 aliphatic carbocycles. The predicted octanol–water partition coefficient (Wildman–Crippen LogP) is 2.99. The average molecular weight is 282 g/mol. The Kier molecular flexibility index (Phi) is 3.64. The van der Waals surface area contributed by atoms with Crippen LogP contribution in [0.5, 0.6) is 0 Å². The Balaban J connectivity index is 2.11. The predicted molar refractivity (Wildman–Crippen MR) is 68.5 cm³/mol. The fraction of sp³-hybridized carbons (Fsp3) is 0.462. The van der Waals surface area contributed by atoms with Crippen molar-refractivity contribution in [3.05, 3.63) is 35.9 Å². The van der Waals surface area contributed by atoms with Crippen LogP contribution in [0.25, 0.3) is 0 Å². The van der Waals surface area contributed by atoms with Crippen LogP contribution < -0.4 is 0 Å². The molecule has 2 atom stereocenters. The number of carbonyl (C=O) groups excluding carboxylic acids is 1. The van der Waals surface area contributed by atoms with Crippen LogP contribution in [0.1, 0.15) is 24.9 Å². The lowest BCUT2D eigenvalue weighted by Crippen LogP contribution is -2.28. The van der Waals surface area contributed by atoms with Gasteiger partial charge in [-0.3, -0.25) is 4.79 Å². The summed E-state index contributed by atoms with van der Waals surface area (Å²) >= 11 is 3.46. The molecule has 1 heterocycles. The van der Waals surface area contributed by atoms with Gasteiger partial charge in [-0.05, 0) is 18.4 Å². The Morgan fingerprint density at radius 2 is 2.12 bits per heavy atom. The van der Waals surface area contributed by atoms with Gasteiger partial charge in [0.25, 0.3) is 0 Å². The van der Waals surface area contributed by atoms with E-state index in [1.165, 1.54) is 5.56 Å². The van der Waals surface area contributed by atoms with Gasteiger partial charge in [-0.15, -0.1) is 0 Å². The summed E-state index contributed by atoms with van der Waals surface area (Å²) < 4.78 is 0. The molecule has 3 heteroatoms. The summed E-state index contributed by atoms with van der Waals surface area (Å²) in [4.78, 5) is 13.9. The van der Waals surface area contributed by atoms with E-state index in [1.807, 2.05) is 23.1 Å². The summed E-state index contributed by atoms with van der Waals surface area (Å²) in [6, 6.07) is 10.4. The zero-order valence-electron chi connectivity index (χ0n) is 9.40. The number of rotatable bonds is 3. The number of carbonyl (C=O) groups is 1. The van der Waals surface area contributed by atoms with Gasteiger partial charge >= 0.3 is 0 Å². The monoisotopic (exact) mass is 281 g/mol. The quantitative estimate of drug-likeness (QED) is 0.780. The molecule has 1 fully saturated rings. The third-order valence-electron chi connectivity index (χ3n) is 3.21. The van der Waals surface area contributed by atoms with E-state index in [4.69, 9.17) is 0 Å². The van der Waals surface area contributed by atoms with E-state index in [-0.39, 0.29) is 11.9 Å². The van der Waals surface area contributed by atoms with Crippen LogP contribution in [0.15, 0.2) is 30.3 Å². The van der Waals surface area contributed by atoms with Crippen LogP contribution in [0.4, 0.5) is 0 Å². The van der Waals surface area contributed by atoms with Crippen molar-refractivity contribution in [1.82, 2.24) is 4.90 Å². The van der Waals surface area contributed by atoms with Gasteiger partial charge in [0.15, 0.2) is 0 Å². The summed E-state index contributed by atoms with van der Waals surface area (Å²) in [5, 5.41) is 0.913. The molecule has 16 heavy (non-hydrogen) atoms. The van der Waals surface area contributed by atoms with E-state index >= 15 is 0 Å². The normalized spacial score (nSPS) is 22.5. The van der Waals surface area contributed by atoms with Gasteiger partial charge in [-0.1, -0.05) is 46.3 Å². The largest absolute Gasteiger partial charge is 0.336 e. The van der Waals surface area contributed by atoms with E-state index in [0.717, 1.165) is 11.9 Å². The molecular weight excluding hydrogens is 266 g/mol. The van der Waals surface area contributed by atoms with Gasteiger partial charge in [0, 0.05) is 18.3 Å². The minimum Gasteiger partial charge on any atom is -0.336 e. The molecule has 0 saturated carbocycles. The van der Waals surface area contributed by atoms with Crippen LogP contribution in [0, 0.1) is 5.92 Å². The molecular formula is C13H16BrNO. The lowest BCUT2D eigenvalue weighted by atomic mass is 10.1. The minimum absolute atomic E-state index is 0.192. The third-order valence-corrected chi connectivity index (χ3v) is 4.12. The number of nitrogens with zero attached hydrogens (tertiary/aromatic N) is 1. The second-order valence-electron chi connectivity index (χ2n) is 4.36. The van der Waals surface area contributed by atoms with Crippen molar-refractivity contribution < 1.29 is 4.79 Å². The lowest BCUT2D eigenvalue weighted by molar-refractivity contribution is -0.129. The Morgan fingerprint density at radius 3 is 2.69 bits per heavy atom. The van der Waals surface area contributed by atoms with Crippen molar-refractivity contribution in [2.45, 2.75) is 19.4 Å². The van der Waals surface area contributed by atoms with Crippen LogP contribution in [-0.2, 0) is 4.79 Å². The molecule has 2 nitrogen and oxygen atoms in total. The van der Waals surface area contributed by atoms with Gasteiger partial charge in [0.2, 0.25) is 5.91 Å². The van der Waals surface area contributed by atoms with Crippen molar-refractivity contribution >= 4 is 21.8 Å². The van der Waals surface area contributed by atoms with Crippen LogP contribution in [0.2, 0.25) is 0 Å². The van der Waals surface area contributed by atoms with E-state index in [9.17, 15) is 4.79 Å². The topological polar surface area (TPSA) is 20.3 Å². The number of hydrogen-bond donors (Lipinski definition) is 0. The molecule has 86 valence electrons. The number of amides is 1. The van der Waals surface area contributed by atoms with Crippen molar-refractivity contribution in [1.29, 1.82) is 0 Å². The molecule has 1 aliphatic heterocycles. The summed E-state index contributed by atoms with van der Waals surface area (Å²) in [6.45, 7) is 2.98. The Labute approximate surface area is 105 Å². The maximum absolute atomic E-state index is 11.9. The van der Waals surface area contributed by atoms with Gasteiger partial charge in [0.1, 0.15) is 0 Å². The molecule has 1 aliphatic rings. The smallest absolute Gasteiger partial charge is 0.223 e. The highest BCUT2D eigenvalue weighted by Gasteiger charge is 2.32. The molecule has 1 aromatic rings. The molecule has 1 amide bonds. The van der Waals surface area contributed by atoms with Crippen molar-refractivity contribution in [3.63, 3.8) is 0 Å². The molecule has 0 radical (unpaired) electrons. The highest BCUT2D eigenvalue weighted by Crippen LogP contribution is 2.28. The first-order valence-corrected chi connectivity index (χ1v) is 6.75. The van der Waals surface area contributed by atoms with Crippen molar-refractivity contribution in [2.75, 3.05) is 11.9 Å². The first-order chi connectivity index (χ1) is 7.72. The first kappa shape index (κ1) is 11.6. The second-order valence-corrected chi connectivity index (χ2v) is 5.00. The van der Waals surface area contributed by atoms with E-state index in [2.05, 4.69) is 35.0 Å². The molecule has 0 aromatic heterocycles. The highest BCUT2D eigenvalue weighted by molar-refractivity contribution is 9.09. The molecule has 2 rings (SSSR count). The van der Waals surface area contributed by atoms with Crippen LogP contribution >= 0.6 is 15.9 Å². The molecule has 0 N–H and O–H groups in total. The third kappa shape index (κ3) is 2.29. The number of halogens is 1. The number of hydrogen-bond acceptors (Lipinski definition) is 1. The van der Waals surface area contributed by atoms with Gasteiger partial charge in [0.05, 0.1) is 6.04 Å². The fourth-order valence-electron chi connectivity index (χ4n) is 2.20. The van der Waals surface area contributed by atoms with Crippen molar-refractivity contribution in [2.24, 2.45) is 5.92 Å². The Hall–Kier alpha value is -0.830. The maximum atomic E-state index is 11.9. The minimum atomic E-state index is 0.192. The van der Waals surface area contributed by atoms with Crippen LogP contribution in [-0.4, -0.2) is 22.7 Å². The summed E-state index contributed by atoms with van der Waals surface area (Å²) in [5.74, 6) is 0.750. The maximum Gasteiger partial charge on any atom is 0.223 e. The van der Waals surface area contributed by atoms with Crippen LogP contribution in [0.3, 0.4) is 0 Å². The number of likely N-dealkylation sites (tertiary alicyclic amines) is 1. The highest BCUT2D eigenvalue weighted by atomic mass is 79.9. The SMILES string of the molecule is C[C@@H](c1ccccc1)N1C[C@@H](CBr)CC1=O. The van der Waals surface area contributed by atoms with Gasteiger partial charge < -0.3 is 4.90 Å². The summed E-state index contributed by atoms with van der Waals surface area (Å²) in [5.41, 5.74) is 1.21. The van der Waals surface area contributed by atoms with E-state index < -0.39 is 0 Å². The molecule has 0 unspecified atom stereocenters. The lowest BCUT2D eigenvalue weighted by Gasteiger charge is -2.25. The van der Waals surface area contributed by atoms with E-state index in [1.54, 1.807) is 0 Å². The first-order valence-electron chi connectivity index (χ1n) is 5.62. The number of benzene rings is 1. The standard InChI is InChI=1S/C13H16BrNO/c1-10(12-5-3-2-4-6-12)15-9-11(8-14)7-13(15)16/h2-6,10-11H,7-9H2,1H3/t10-,11+/m0/s1. The fourth-order valence-corrected chi connectivity index (χ4v) is 2.63. The zero-order valence-corrected chi connectivity index (χ0v) is 11.0. The molecule has 0 spiro atoms. The molecule has 1 saturated heterocycles. The second kappa shape index (κ2) is 5.00. The Bertz CT molecular complexity index is 365. The Morgan fingerprint density at radius 1 is 1.44 bits per heavy atom. The molecule has 1 aromatic carbocycles. The van der Waals surface area contributed by atoms with Gasteiger partial charge in [-0.2, -0.15) is 0 Å². The molecule has 0 bridgehead atoms. The van der Waals surface area contributed by atoms with Gasteiger partial charge in [-0.25, -0.2) is 0 Å². The van der Waals surface area contributed by atoms with E-state index in [0.29, 0.717) is 12.3 Å². The zero-order chi connectivity index (χ0) is 11.5. The summed E-state index contributed by atoms with van der Waals surface area (Å²) in [7, 11) is 0. The number of alkyl halides is 1. The average Bonchev–Trinajstić information content (AvgIpc) is 2.71.